The second kappa shape index (κ2) is 7.01. The van der Waals surface area contributed by atoms with Crippen LogP contribution in [0.4, 0.5) is 0 Å². The van der Waals surface area contributed by atoms with Gasteiger partial charge in [0.05, 0.1) is 5.52 Å². The smallest absolute Gasteiger partial charge is 0.253 e. The normalized spacial score (nSPS) is 10.7. The van der Waals surface area contributed by atoms with Gasteiger partial charge in [-0.3, -0.25) is 9.78 Å². The molecule has 20 heavy (non-hydrogen) atoms. The number of hydrogen-bond acceptors (Lipinski definition) is 3. The van der Waals surface area contributed by atoms with Gasteiger partial charge in [0, 0.05) is 36.8 Å². The summed E-state index contributed by atoms with van der Waals surface area (Å²) in [6, 6.07) is 9.49. The topological polar surface area (TPSA) is 59.2 Å². The second-order valence-corrected chi connectivity index (χ2v) is 4.85. The van der Waals surface area contributed by atoms with E-state index in [1.165, 1.54) is 0 Å². The van der Waals surface area contributed by atoms with Crippen molar-refractivity contribution >= 4 is 16.8 Å². The number of nitrogens with two attached hydrogens (primary N) is 1. The van der Waals surface area contributed by atoms with Crippen molar-refractivity contribution in [1.82, 2.24) is 9.88 Å². The van der Waals surface area contributed by atoms with Gasteiger partial charge in [-0.1, -0.05) is 19.4 Å². The minimum absolute atomic E-state index is 0.0506. The van der Waals surface area contributed by atoms with E-state index in [9.17, 15) is 4.79 Å². The molecule has 0 unspecified atom stereocenters. The lowest BCUT2D eigenvalue weighted by Crippen LogP contribution is -2.36. The van der Waals surface area contributed by atoms with Gasteiger partial charge in [0.25, 0.3) is 5.91 Å². The first-order valence-corrected chi connectivity index (χ1v) is 7.10. The van der Waals surface area contributed by atoms with Crippen molar-refractivity contribution in [3.05, 3.63) is 42.1 Å². The van der Waals surface area contributed by atoms with Crippen molar-refractivity contribution in [1.29, 1.82) is 0 Å². The van der Waals surface area contributed by atoms with Crippen molar-refractivity contribution in [3.63, 3.8) is 0 Å². The summed E-state index contributed by atoms with van der Waals surface area (Å²) in [5.41, 5.74) is 7.21. The monoisotopic (exact) mass is 271 g/mol. The highest BCUT2D eigenvalue weighted by molar-refractivity contribution is 5.97. The number of carbonyl (C=O) groups is 1. The minimum atomic E-state index is 0.0506. The Morgan fingerprint density at radius 2 is 2.15 bits per heavy atom. The number of nitrogens with zero attached hydrogens (tertiary/aromatic N) is 2. The summed E-state index contributed by atoms with van der Waals surface area (Å²) in [5, 5.41) is 0.988. The molecule has 0 spiro atoms. The molecule has 0 radical (unpaired) electrons. The third kappa shape index (κ3) is 3.33. The number of rotatable bonds is 6. The average molecular weight is 271 g/mol. The fourth-order valence-corrected chi connectivity index (χ4v) is 2.21. The van der Waals surface area contributed by atoms with Crippen LogP contribution in [0.25, 0.3) is 10.9 Å². The zero-order chi connectivity index (χ0) is 14.4. The number of fused-ring (bicyclic) bond motifs is 1. The van der Waals surface area contributed by atoms with E-state index in [1.54, 1.807) is 6.20 Å². The van der Waals surface area contributed by atoms with Crippen LogP contribution in [0.3, 0.4) is 0 Å². The van der Waals surface area contributed by atoms with Gasteiger partial charge in [0.15, 0.2) is 0 Å². The number of carbonyl (C=O) groups excluding carboxylic acids is 1. The van der Waals surface area contributed by atoms with Gasteiger partial charge < -0.3 is 10.6 Å². The quantitative estimate of drug-likeness (QED) is 0.878. The highest BCUT2D eigenvalue weighted by Crippen LogP contribution is 2.15. The fraction of sp³-hybridized carbons (Fsp3) is 0.375. The van der Waals surface area contributed by atoms with Crippen LogP contribution in [0.5, 0.6) is 0 Å². The molecule has 1 amide bonds. The summed E-state index contributed by atoms with van der Waals surface area (Å²) >= 11 is 0. The molecular weight excluding hydrogens is 250 g/mol. The summed E-state index contributed by atoms with van der Waals surface area (Å²) in [7, 11) is 0. The lowest BCUT2D eigenvalue weighted by Gasteiger charge is -2.22. The molecule has 0 bridgehead atoms. The van der Waals surface area contributed by atoms with Gasteiger partial charge >= 0.3 is 0 Å². The summed E-state index contributed by atoms with van der Waals surface area (Å²) in [4.78, 5) is 18.6. The first kappa shape index (κ1) is 14.5. The molecule has 2 rings (SSSR count). The first-order chi connectivity index (χ1) is 9.76. The van der Waals surface area contributed by atoms with E-state index in [4.69, 9.17) is 5.73 Å². The van der Waals surface area contributed by atoms with Gasteiger partial charge in [-0.15, -0.1) is 0 Å². The number of benzene rings is 1. The van der Waals surface area contributed by atoms with Gasteiger partial charge in [0.1, 0.15) is 0 Å². The molecule has 0 aliphatic rings. The molecule has 4 nitrogen and oxygen atoms in total. The lowest BCUT2D eigenvalue weighted by molar-refractivity contribution is 0.0758. The zero-order valence-corrected chi connectivity index (χ0v) is 11.9. The van der Waals surface area contributed by atoms with Crippen molar-refractivity contribution in [2.45, 2.75) is 19.8 Å². The van der Waals surface area contributed by atoms with E-state index in [2.05, 4.69) is 11.9 Å². The molecule has 0 aliphatic heterocycles. The molecule has 0 aliphatic carbocycles. The first-order valence-electron chi connectivity index (χ1n) is 7.10. The van der Waals surface area contributed by atoms with Crippen LogP contribution in [0, 0.1) is 0 Å². The van der Waals surface area contributed by atoms with Gasteiger partial charge in [0.2, 0.25) is 0 Å². The Balaban J connectivity index is 2.23. The standard InChI is InChI=1S/C16H21N3O/c1-2-3-10-19(11-8-17)16(20)14-6-7-15-13(12-14)5-4-9-18-15/h4-7,9,12H,2-3,8,10-11,17H2,1H3. The molecule has 4 heteroatoms. The van der Waals surface area contributed by atoms with Crippen LogP contribution in [0.15, 0.2) is 36.5 Å². The fourth-order valence-electron chi connectivity index (χ4n) is 2.21. The summed E-state index contributed by atoms with van der Waals surface area (Å²) in [6.07, 6.45) is 3.82. The maximum Gasteiger partial charge on any atom is 0.253 e. The molecule has 106 valence electrons. The van der Waals surface area contributed by atoms with Crippen LogP contribution >= 0.6 is 0 Å². The molecule has 1 heterocycles. The molecule has 1 aromatic carbocycles. The maximum atomic E-state index is 12.5. The average Bonchev–Trinajstić information content (AvgIpc) is 2.50. The Hall–Kier alpha value is -1.94. The van der Waals surface area contributed by atoms with Gasteiger partial charge in [-0.25, -0.2) is 0 Å². The Morgan fingerprint density at radius 1 is 1.30 bits per heavy atom. The Bertz CT molecular complexity index is 583. The SMILES string of the molecule is CCCCN(CCN)C(=O)c1ccc2ncccc2c1. The van der Waals surface area contributed by atoms with Crippen molar-refractivity contribution in [2.24, 2.45) is 5.73 Å². The lowest BCUT2D eigenvalue weighted by atomic mass is 10.1. The predicted octanol–water partition coefficient (Wildman–Crippen LogP) is 2.44. The Morgan fingerprint density at radius 3 is 2.90 bits per heavy atom. The number of amides is 1. The van der Waals surface area contributed by atoms with E-state index >= 15 is 0 Å². The number of unbranched alkanes of at least 4 members (excludes halogenated alkanes) is 1. The van der Waals surface area contributed by atoms with E-state index in [0.29, 0.717) is 18.7 Å². The van der Waals surface area contributed by atoms with Crippen molar-refractivity contribution in [3.8, 4) is 0 Å². The molecular formula is C16H21N3O. The summed E-state index contributed by atoms with van der Waals surface area (Å²) in [5.74, 6) is 0.0506. The molecule has 0 fully saturated rings. The number of pyridine rings is 1. The zero-order valence-electron chi connectivity index (χ0n) is 11.9. The van der Waals surface area contributed by atoms with Crippen LogP contribution in [0.1, 0.15) is 30.1 Å². The summed E-state index contributed by atoms with van der Waals surface area (Å²) in [6.45, 7) is 3.97. The predicted molar refractivity (Wildman–Crippen MR) is 81.6 cm³/mol. The molecule has 0 saturated carbocycles. The van der Waals surface area contributed by atoms with Gasteiger partial charge in [-0.05, 0) is 30.7 Å². The highest BCUT2D eigenvalue weighted by Gasteiger charge is 2.14. The summed E-state index contributed by atoms with van der Waals surface area (Å²) < 4.78 is 0. The van der Waals surface area contributed by atoms with Crippen LogP contribution in [-0.2, 0) is 0 Å². The van der Waals surface area contributed by atoms with E-state index < -0.39 is 0 Å². The Kier molecular flexibility index (Phi) is 5.07. The molecule has 1 aromatic heterocycles. The highest BCUT2D eigenvalue weighted by atomic mass is 16.2. The maximum absolute atomic E-state index is 12.5. The van der Waals surface area contributed by atoms with Crippen molar-refractivity contribution < 1.29 is 4.79 Å². The number of hydrogen-bond donors (Lipinski definition) is 1. The van der Waals surface area contributed by atoms with Crippen LogP contribution in [0.2, 0.25) is 0 Å². The van der Waals surface area contributed by atoms with E-state index in [1.807, 2.05) is 35.2 Å². The molecule has 2 aromatic rings. The third-order valence-corrected chi connectivity index (χ3v) is 3.32. The largest absolute Gasteiger partial charge is 0.337 e. The third-order valence-electron chi connectivity index (χ3n) is 3.32. The minimum Gasteiger partial charge on any atom is -0.337 e. The Labute approximate surface area is 119 Å². The number of aromatic nitrogens is 1. The molecule has 2 N–H and O–H groups in total. The second-order valence-electron chi connectivity index (χ2n) is 4.85. The molecule has 0 atom stereocenters. The van der Waals surface area contributed by atoms with Gasteiger partial charge in [-0.2, -0.15) is 0 Å². The van der Waals surface area contributed by atoms with Crippen molar-refractivity contribution in [2.75, 3.05) is 19.6 Å². The van der Waals surface area contributed by atoms with Crippen LogP contribution in [-0.4, -0.2) is 35.4 Å². The van der Waals surface area contributed by atoms with E-state index in [0.717, 1.165) is 30.3 Å². The molecule has 0 saturated heterocycles. The van der Waals surface area contributed by atoms with E-state index in [-0.39, 0.29) is 5.91 Å². The van der Waals surface area contributed by atoms with Crippen LogP contribution < -0.4 is 5.73 Å².